The minimum Gasteiger partial charge on any atom is -0.353 e. The lowest BCUT2D eigenvalue weighted by molar-refractivity contribution is -0.136. The number of amidine groups is 1. The highest BCUT2D eigenvalue weighted by atomic mass is 32.2. The summed E-state index contributed by atoms with van der Waals surface area (Å²) in [4.78, 5) is 17.2. The largest absolute Gasteiger partial charge is 0.418 e. The number of alkyl halides is 3. The number of anilines is 1. The second-order valence-electron chi connectivity index (χ2n) is 4.14. The van der Waals surface area contributed by atoms with Gasteiger partial charge in [-0.1, -0.05) is 23.9 Å². The first-order valence-corrected chi connectivity index (χ1v) is 6.76. The molecule has 1 aliphatic heterocycles. The zero-order valence-corrected chi connectivity index (χ0v) is 11.4. The van der Waals surface area contributed by atoms with E-state index in [1.54, 1.807) is 11.9 Å². The Morgan fingerprint density at radius 1 is 1.40 bits per heavy atom. The summed E-state index contributed by atoms with van der Waals surface area (Å²) in [5, 5.41) is 2.68. The van der Waals surface area contributed by atoms with Crippen molar-refractivity contribution in [3.63, 3.8) is 0 Å². The quantitative estimate of drug-likeness (QED) is 0.866. The van der Waals surface area contributed by atoms with E-state index in [1.807, 2.05) is 0 Å². The van der Waals surface area contributed by atoms with Crippen molar-refractivity contribution in [3.05, 3.63) is 29.8 Å². The van der Waals surface area contributed by atoms with E-state index >= 15 is 0 Å². The summed E-state index contributed by atoms with van der Waals surface area (Å²) < 4.78 is 38.3. The van der Waals surface area contributed by atoms with Crippen LogP contribution in [0.4, 0.5) is 23.7 Å². The molecule has 2 rings (SSSR count). The Morgan fingerprint density at radius 3 is 2.70 bits per heavy atom. The molecule has 2 amide bonds. The lowest BCUT2D eigenvalue weighted by atomic mass is 10.1. The molecule has 0 spiro atoms. The summed E-state index contributed by atoms with van der Waals surface area (Å²) in [5.74, 6) is 0.807. The number of thioether (sulfide) groups is 1. The van der Waals surface area contributed by atoms with Gasteiger partial charge in [0, 0.05) is 19.3 Å². The van der Waals surface area contributed by atoms with E-state index in [4.69, 9.17) is 0 Å². The van der Waals surface area contributed by atoms with Gasteiger partial charge in [0.1, 0.15) is 0 Å². The average molecular weight is 303 g/mol. The maximum atomic E-state index is 12.8. The van der Waals surface area contributed by atoms with Crippen molar-refractivity contribution in [2.45, 2.75) is 6.18 Å². The summed E-state index contributed by atoms with van der Waals surface area (Å²) in [5.41, 5.74) is -1.18. The van der Waals surface area contributed by atoms with E-state index in [-0.39, 0.29) is 5.69 Å². The number of hydrogen-bond acceptors (Lipinski definition) is 2. The first-order chi connectivity index (χ1) is 9.38. The normalized spacial score (nSPS) is 17.6. The highest BCUT2D eigenvalue weighted by molar-refractivity contribution is 8.14. The molecule has 0 radical (unpaired) electrons. The van der Waals surface area contributed by atoms with Gasteiger partial charge in [-0.25, -0.2) is 4.79 Å². The van der Waals surface area contributed by atoms with Crippen LogP contribution in [0.25, 0.3) is 0 Å². The molecule has 0 atom stereocenters. The molecule has 4 nitrogen and oxygen atoms in total. The number of urea groups is 1. The number of nitrogens with zero attached hydrogens (tertiary/aromatic N) is 2. The third-order valence-corrected chi connectivity index (χ3v) is 3.70. The highest BCUT2D eigenvalue weighted by Crippen LogP contribution is 2.34. The number of aliphatic imine (C=N–C) groups is 1. The summed E-state index contributed by atoms with van der Waals surface area (Å²) in [6, 6.07) is 4.00. The molecule has 0 aliphatic carbocycles. The zero-order chi connectivity index (χ0) is 14.8. The van der Waals surface area contributed by atoms with Crippen molar-refractivity contribution in [2.24, 2.45) is 4.99 Å². The fraction of sp³-hybridized carbons (Fsp3) is 0.333. The number of amides is 2. The monoisotopic (exact) mass is 303 g/mol. The van der Waals surface area contributed by atoms with Crippen LogP contribution in [0.3, 0.4) is 0 Å². The molecule has 0 bridgehead atoms. The Labute approximate surface area is 118 Å². The number of carbonyl (C=O) groups excluding carboxylic acids is 1. The minimum atomic E-state index is -4.52. The molecule has 108 valence electrons. The molecule has 1 aromatic rings. The number of nitrogens with one attached hydrogen (secondary N) is 1. The third kappa shape index (κ3) is 3.44. The van der Waals surface area contributed by atoms with Gasteiger partial charge in [-0.15, -0.1) is 0 Å². The summed E-state index contributed by atoms with van der Waals surface area (Å²) in [6.45, 7) is 0.760. The fourth-order valence-corrected chi connectivity index (χ4v) is 2.67. The molecule has 0 aromatic heterocycles. The standard InChI is InChI=1S/C12H12F3N3OS/c1-18-6-7-20-11(18)17-10(19)16-9-5-3-2-4-8(9)12(13,14)15/h2-5H,6-7H2,1H3,(H,16,19)/b17-11+. The lowest BCUT2D eigenvalue weighted by Crippen LogP contribution is -2.21. The Kier molecular flexibility index (Phi) is 4.22. The molecular weight excluding hydrogens is 291 g/mol. The number of hydrogen-bond donors (Lipinski definition) is 1. The van der Waals surface area contributed by atoms with Gasteiger partial charge in [-0.05, 0) is 12.1 Å². The van der Waals surface area contributed by atoms with Gasteiger partial charge in [0.05, 0.1) is 11.3 Å². The Bertz CT molecular complexity index is 545. The minimum absolute atomic E-state index is 0.292. The first-order valence-electron chi connectivity index (χ1n) is 5.78. The van der Waals surface area contributed by atoms with Crippen molar-refractivity contribution in [1.29, 1.82) is 0 Å². The maximum absolute atomic E-state index is 12.8. The Balaban J connectivity index is 2.16. The Morgan fingerprint density at radius 2 is 2.10 bits per heavy atom. The summed E-state index contributed by atoms with van der Waals surface area (Å²) >= 11 is 1.39. The summed E-state index contributed by atoms with van der Waals surface area (Å²) in [7, 11) is 1.77. The van der Waals surface area contributed by atoms with Crippen LogP contribution in [0, 0.1) is 0 Å². The summed E-state index contributed by atoms with van der Waals surface area (Å²) in [6.07, 6.45) is -4.52. The van der Waals surface area contributed by atoms with Gasteiger partial charge >= 0.3 is 12.2 Å². The molecule has 0 saturated carbocycles. The third-order valence-electron chi connectivity index (χ3n) is 2.66. The van der Waals surface area contributed by atoms with Crippen LogP contribution >= 0.6 is 11.8 Å². The van der Waals surface area contributed by atoms with Crippen molar-refractivity contribution < 1.29 is 18.0 Å². The SMILES string of the molecule is CN1CCS/C1=N/C(=O)Nc1ccccc1C(F)(F)F. The second kappa shape index (κ2) is 5.74. The predicted molar refractivity (Wildman–Crippen MR) is 73.0 cm³/mol. The highest BCUT2D eigenvalue weighted by Gasteiger charge is 2.33. The first kappa shape index (κ1) is 14.7. The molecule has 1 aliphatic rings. The average Bonchev–Trinajstić information content (AvgIpc) is 2.74. The van der Waals surface area contributed by atoms with Gasteiger partial charge in [0.15, 0.2) is 5.17 Å². The van der Waals surface area contributed by atoms with Crippen LogP contribution in [-0.2, 0) is 6.18 Å². The van der Waals surface area contributed by atoms with Crippen LogP contribution in [0.1, 0.15) is 5.56 Å². The van der Waals surface area contributed by atoms with Gasteiger partial charge in [0.2, 0.25) is 0 Å². The van der Waals surface area contributed by atoms with Gasteiger partial charge < -0.3 is 10.2 Å². The molecule has 1 N–H and O–H groups in total. The van der Waals surface area contributed by atoms with Gasteiger partial charge in [-0.2, -0.15) is 18.2 Å². The second-order valence-corrected chi connectivity index (χ2v) is 5.20. The number of rotatable bonds is 1. The smallest absolute Gasteiger partial charge is 0.353 e. The number of para-hydroxylation sites is 1. The van der Waals surface area contributed by atoms with E-state index < -0.39 is 17.8 Å². The number of benzene rings is 1. The lowest BCUT2D eigenvalue weighted by Gasteiger charge is -2.13. The Hall–Kier alpha value is -1.70. The van der Waals surface area contributed by atoms with Crippen molar-refractivity contribution in [3.8, 4) is 0 Å². The van der Waals surface area contributed by atoms with Crippen molar-refractivity contribution in [2.75, 3.05) is 24.7 Å². The van der Waals surface area contributed by atoms with E-state index in [0.717, 1.165) is 18.4 Å². The van der Waals surface area contributed by atoms with Crippen LogP contribution in [0.15, 0.2) is 29.3 Å². The molecular formula is C12H12F3N3OS. The molecule has 1 fully saturated rings. The molecule has 1 heterocycles. The molecule has 8 heteroatoms. The van der Waals surface area contributed by atoms with Crippen LogP contribution < -0.4 is 5.32 Å². The van der Waals surface area contributed by atoms with Crippen molar-refractivity contribution in [1.82, 2.24) is 4.90 Å². The van der Waals surface area contributed by atoms with Gasteiger partial charge in [0.25, 0.3) is 0 Å². The van der Waals surface area contributed by atoms with Gasteiger partial charge in [-0.3, -0.25) is 0 Å². The zero-order valence-electron chi connectivity index (χ0n) is 10.6. The molecule has 1 saturated heterocycles. The van der Waals surface area contributed by atoms with Crippen LogP contribution in [-0.4, -0.2) is 35.4 Å². The van der Waals surface area contributed by atoms with E-state index in [2.05, 4.69) is 10.3 Å². The number of halogens is 3. The van der Waals surface area contributed by atoms with Crippen molar-refractivity contribution >= 4 is 28.6 Å². The molecule has 1 aromatic carbocycles. The van der Waals surface area contributed by atoms with Crippen LogP contribution in [0.2, 0.25) is 0 Å². The molecule has 20 heavy (non-hydrogen) atoms. The van der Waals surface area contributed by atoms with E-state index in [0.29, 0.717) is 5.17 Å². The fourth-order valence-electron chi connectivity index (χ4n) is 1.67. The number of carbonyl (C=O) groups is 1. The van der Waals surface area contributed by atoms with E-state index in [1.165, 1.54) is 30.0 Å². The predicted octanol–water partition coefficient (Wildman–Crippen LogP) is 3.27. The topological polar surface area (TPSA) is 44.7 Å². The van der Waals surface area contributed by atoms with Crippen LogP contribution in [0.5, 0.6) is 0 Å². The molecule has 0 unspecified atom stereocenters. The van der Waals surface area contributed by atoms with E-state index in [9.17, 15) is 18.0 Å². The maximum Gasteiger partial charge on any atom is 0.418 e.